The molecule has 0 aromatic heterocycles. The van der Waals surface area contributed by atoms with Crippen LogP contribution in [-0.2, 0) is 0 Å². The molecule has 1 unspecified atom stereocenters. The quantitative estimate of drug-likeness (QED) is 0.636. The van der Waals surface area contributed by atoms with Crippen LogP contribution in [0.25, 0.3) is 0 Å². The lowest BCUT2D eigenvalue weighted by atomic mass is 10.1. The number of nitrogens with zero attached hydrogens (tertiary/aromatic N) is 1. The van der Waals surface area contributed by atoms with Gasteiger partial charge in [0.2, 0.25) is 0 Å². The first-order valence-electron chi connectivity index (χ1n) is 5.53. The molecular weight excluding hydrogens is 228 g/mol. The normalized spacial score (nSPS) is 11.3. The molecule has 0 aliphatic rings. The van der Waals surface area contributed by atoms with Gasteiger partial charge < -0.3 is 5.32 Å². The van der Waals surface area contributed by atoms with Crippen LogP contribution in [0.4, 0.5) is 5.69 Å². The molecule has 17 heavy (non-hydrogen) atoms. The van der Waals surface area contributed by atoms with Crippen molar-refractivity contribution in [2.24, 2.45) is 0 Å². The highest BCUT2D eigenvalue weighted by molar-refractivity contribution is 7.98. The Kier molecular flexibility index (Phi) is 5.46. The van der Waals surface area contributed by atoms with E-state index >= 15 is 0 Å². The number of anilines is 1. The van der Waals surface area contributed by atoms with Crippen molar-refractivity contribution in [1.29, 1.82) is 5.26 Å². The van der Waals surface area contributed by atoms with Gasteiger partial charge in [0, 0.05) is 17.4 Å². The van der Waals surface area contributed by atoms with Crippen molar-refractivity contribution in [1.82, 2.24) is 0 Å². The third-order valence-corrected chi connectivity index (χ3v) is 3.35. The molecule has 1 aromatic rings. The second kappa shape index (κ2) is 6.89. The number of nitriles is 1. The molecule has 0 saturated carbocycles. The van der Waals surface area contributed by atoms with E-state index in [0.29, 0.717) is 12.0 Å². The Bertz CT molecular complexity index is 454. The van der Waals surface area contributed by atoms with Gasteiger partial charge in [-0.3, -0.25) is 0 Å². The first-order valence-corrected chi connectivity index (χ1v) is 6.76. The van der Waals surface area contributed by atoms with E-state index in [1.54, 1.807) is 11.8 Å². The van der Waals surface area contributed by atoms with Crippen LogP contribution in [0.3, 0.4) is 0 Å². The minimum Gasteiger partial charge on any atom is -0.380 e. The lowest BCUT2D eigenvalue weighted by Gasteiger charge is -2.17. The topological polar surface area (TPSA) is 35.8 Å². The number of terminal acetylenes is 1. The van der Waals surface area contributed by atoms with Crippen LogP contribution >= 0.6 is 11.8 Å². The molecule has 1 N–H and O–H groups in total. The molecule has 0 bridgehead atoms. The molecule has 1 atom stereocenters. The van der Waals surface area contributed by atoms with Crippen LogP contribution in [-0.4, -0.2) is 12.3 Å². The summed E-state index contributed by atoms with van der Waals surface area (Å²) >= 11 is 1.58. The van der Waals surface area contributed by atoms with Crippen LogP contribution in [0.5, 0.6) is 0 Å². The summed E-state index contributed by atoms with van der Waals surface area (Å²) in [5.41, 5.74) is 1.58. The van der Waals surface area contributed by atoms with Gasteiger partial charge in [-0.2, -0.15) is 5.26 Å². The standard InChI is InChI=1S/C14H16N2S/c1-4-7-11(5-2)16-13-8-6-9-14(17-3)12(13)10-15/h1,6,8-9,11,16H,5,7H2,2-3H3. The van der Waals surface area contributed by atoms with Gasteiger partial charge in [0.15, 0.2) is 0 Å². The van der Waals surface area contributed by atoms with Crippen molar-refractivity contribution in [3.05, 3.63) is 23.8 Å². The largest absolute Gasteiger partial charge is 0.380 e. The average molecular weight is 244 g/mol. The zero-order valence-electron chi connectivity index (χ0n) is 10.2. The van der Waals surface area contributed by atoms with E-state index in [1.807, 2.05) is 24.5 Å². The summed E-state index contributed by atoms with van der Waals surface area (Å²) in [5.74, 6) is 2.65. The number of thioether (sulfide) groups is 1. The number of hydrogen-bond acceptors (Lipinski definition) is 3. The fraction of sp³-hybridized carbons (Fsp3) is 0.357. The number of benzene rings is 1. The highest BCUT2D eigenvalue weighted by Crippen LogP contribution is 2.27. The summed E-state index contributed by atoms with van der Waals surface area (Å²) in [6.07, 6.45) is 8.91. The van der Waals surface area contributed by atoms with E-state index in [0.717, 1.165) is 17.0 Å². The predicted octanol–water partition coefficient (Wildman–Crippen LogP) is 3.49. The van der Waals surface area contributed by atoms with Crippen molar-refractivity contribution in [3.8, 4) is 18.4 Å². The van der Waals surface area contributed by atoms with Crippen LogP contribution < -0.4 is 5.32 Å². The summed E-state index contributed by atoms with van der Waals surface area (Å²) in [6, 6.07) is 8.32. The minimum absolute atomic E-state index is 0.226. The van der Waals surface area contributed by atoms with E-state index in [-0.39, 0.29) is 6.04 Å². The maximum atomic E-state index is 9.20. The zero-order valence-corrected chi connectivity index (χ0v) is 11.0. The van der Waals surface area contributed by atoms with Crippen LogP contribution in [0.2, 0.25) is 0 Å². The van der Waals surface area contributed by atoms with Gasteiger partial charge >= 0.3 is 0 Å². The summed E-state index contributed by atoms with van der Waals surface area (Å²) in [6.45, 7) is 2.08. The maximum Gasteiger partial charge on any atom is 0.102 e. The number of nitrogens with one attached hydrogen (secondary N) is 1. The Morgan fingerprint density at radius 1 is 1.53 bits per heavy atom. The summed E-state index contributed by atoms with van der Waals surface area (Å²) in [5, 5.41) is 12.5. The third kappa shape index (κ3) is 3.44. The van der Waals surface area contributed by atoms with Gasteiger partial charge in [0.1, 0.15) is 6.07 Å². The van der Waals surface area contributed by atoms with Crippen LogP contribution in [0.15, 0.2) is 23.1 Å². The molecule has 0 saturated heterocycles. The van der Waals surface area contributed by atoms with E-state index in [9.17, 15) is 5.26 Å². The van der Waals surface area contributed by atoms with E-state index in [1.165, 1.54) is 0 Å². The second-order valence-corrected chi connectivity index (χ2v) is 4.50. The van der Waals surface area contributed by atoms with Crippen molar-refractivity contribution < 1.29 is 0 Å². The van der Waals surface area contributed by atoms with Gasteiger partial charge in [-0.25, -0.2) is 0 Å². The summed E-state index contributed by atoms with van der Waals surface area (Å²) < 4.78 is 0. The SMILES string of the molecule is C#CCC(CC)Nc1cccc(SC)c1C#N. The molecule has 0 fully saturated rings. The molecule has 0 heterocycles. The highest BCUT2D eigenvalue weighted by atomic mass is 32.2. The van der Waals surface area contributed by atoms with E-state index in [4.69, 9.17) is 6.42 Å². The maximum absolute atomic E-state index is 9.20. The van der Waals surface area contributed by atoms with Crippen molar-refractivity contribution in [2.45, 2.75) is 30.7 Å². The van der Waals surface area contributed by atoms with Crippen molar-refractivity contribution in [3.63, 3.8) is 0 Å². The molecule has 2 nitrogen and oxygen atoms in total. The second-order valence-electron chi connectivity index (χ2n) is 3.65. The number of hydrogen-bond donors (Lipinski definition) is 1. The average Bonchev–Trinajstić information content (AvgIpc) is 2.37. The minimum atomic E-state index is 0.226. The smallest absolute Gasteiger partial charge is 0.102 e. The Morgan fingerprint density at radius 2 is 2.29 bits per heavy atom. The molecule has 0 radical (unpaired) electrons. The Hall–Kier alpha value is -1.58. The Balaban J connectivity index is 2.99. The van der Waals surface area contributed by atoms with Crippen molar-refractivity contribution in [2.75, 3.05) is 11.6 Å². The van der Waals surface area contributed by atoms with E-state index in [2.05, 4.69) is 24.2 Å². The molecular formula is C14H16N2S. The predicted molar refractivity (Wildman–Crippen MR) is 74.1 cm³/mol. The lowest BCUT2D eigenvalue weighted by Crippen LogP contribution is -2.18. The Morgan fingerprint density at radius 3 is 2.82 bits per heavy atom. The third-order valence-electron chi connectivity index (χ3n) is 2.57. The van der Waals surface area contributed by atoms with Gasteiger partial charge in [0.05, 0.1) is 11.3 Å². The first kappa shape index (κ1) is 13.5. The Labute approximate surface area is 107 Å². The molecule has 1 aromatic carbocycles. The fourth-order valence-electron chi connectivity index (χ4n) is 1.60. The zero-order chi connectivity index (χ0) is 12.7. The highest BCUT2D eigenvalue weighted by Gasteiger charge is 2.10. The van der Waals surface area contributed by atoms with E-state index < -0.39 is 0 Å². The van der Waals surface area contributed by atoms with Crippen LogP contribution in [0.1, 0.15) is 25.3 Å². The molecule has 88 valence electrons. The molecule has 1 rings (SSSR count). The monoisotopic (exact) mass is 244 g/mol. The molecule has 3 heteroatoms. The molecule has 0 amide bonds. The van der Waals surface area contributed by atoms with Crippen LogP contribution in [0, 0.1) is 23.7 Å². The molecule has 0 spiro atoms. The summed E-state index contributed by atoms with van der Waals surface area (Å²) in [4.78, 5) is 0.994. The van der Waals surface area contributed by atoms with Gasteiger partial charge in [-0.15, -0.1) is 24.1 Å². The fourth-order valence-corrected chi connectivity index (χ4v) is 2.17. The van der Waals surface area contributed by atoms with Gasteiger partial charge in [0.25, 0.3) is 0 Å². The first-order chi connectivity index (χ1) is 8.26. The van der Waals surface area contributed by atoms with Gasteiger partial charge in [-0.05, 0) is 24.8 Å². The molecule has 0 aliphatic heterocycles. The van der Waals surface area contributed by atoms with Gasteiger partial charge in [-0.1, -0.05) is 13.0 Å². The summed E-state index contributed by atoms with van der Waals surface area (Å²) in [7, 11) is 0. The molecule has 0 aliphatic carbocycles. The number of rotatable bonds is 5. The van der Waals surface area contributed by atoms with Crippen molar-refractivity contribution >= 4 is 17.4 Å². The lowest BCUT2D eigenvalue weighted by molar-refractivity contribution is 0.715.